The maximum Gasteiger partial charge on any atom is 0.123 e. The Morgan fingerprint density at radius 1 is 0.720 bits per heavy atom. The van der Waals surface area contributed by atoms with Gasteiger partial charge in [0.1, 0.15) is 6.29 Å². The minimum Gasteiger partial charge on any atom is -0.303 e. The van der Waals surface area contributed by atoms with Gasteiger partial charge in [-0.25, -0.2) is 0 Å². The van der Waals surface area contributed by atoms with Gasteiger partial charge >= 0.3 is 0 Å². The fourth-order valence-electron chi connectivity index (χ4n) is 5.74. The Kier molecular flexibility index (Phi) is 10.2. The quantitative estimate of drug-likeness (QED) is 0.278. The molecule has 0 bridgehead atoms. The summed E-state index contributed by atoms with van der Waals surface area (Å²) >= 11 is 0. The molecule has 2 fully saturated rings. The van der Waals surface area contributed by atoms with Crippen molar-refractivity contribution in [3.05, 3.63) is 0 Å². The van der Waals surface area contributed by atoms with Crippen molar-refractivity contribution in [1.29, 1.82) is 0 Å². The molecule has 2 saturated carbocycles. The summed E-state index contributed by atoms with van der Waals surface area (Å²) in [5.41, 5.74) is 0. The molecule has 0 aliphatic heterocycles. The molecule has 0 saturated heterocycles. The summed E-state index contributed by atoms with van der Waals surface area (Å²) in [6.45, 7) is 4.98. The summed E-state index contributed by atoms with van der Waals surface area (Å²) in [4.78, 5) is 10.9. The van der Waals surface area contributed by atoms with Crippen LogP contribution in [0.4, 0.5) is 0 Å². The van der Waals surface area contributed by atoms with Crippen LogP contribution in [0.2, 0.25) is 0 Å². The minimum absolute atomic E-state index is 0.383. The van der Waals surface area contributed by atoms with Crippen LogP contribution in [0.1, 0.15) is 117 Å². The molecule has 1 heteroatoms. The summed E-state index contributed by atoms with van der Waals surface area (Å²) in [6, 6.07) is 0. The SMILES string of the molecule is CC1CCCC(C)C1CCCCCCCCCC1CCCC(C=O)C1. The zero-order valence-electron chi connectivity index (χ0n) is 17.2. The van der Waals surface area contributed by atoms with Crippen molar-refractivity contribution < 1.29 is 4.79 Å². The van der Waals surface area contributed by atoms with Gasteiger partial charge in [-0.3, -0.25) is 0 Å². The molecule has 4 unspecified atom stereocenters. The summed E-state index contributed by atoms with van der Waals surface area (Å²) in [6.07, 6.45) is 23.5. The normalized spacial score (nSPS) is 33.3. The van der Waals surface area contributed by atoms with E-state index in [1.165, 1.54) is 103 Å². The van der Waals surface area contributed by atoms with Crippen LogP contribution in [0.3, 0.4) is 0 Å². The van der Waals surface area contributed by atoms with Crippen molar-refractivity contribution in [2.24, 2.45) is 29.6 Å². The van der Waals surface area contributed by atoms with Crippen molar-refractivity contribution in [1.82, 2.24) is 0 Å². The lowest BCUT2D eigenvalue weighted by molar-refractivity contribution is -0.112. The van der Waals surface area contributed by atoms with Gasteiger partial charge in [0.25, 0.3) is 0 Å². The van der Waals surface area contributed by atoms with E-state index in [2.05, 4.69) is 13.8 Å². The molecular weight excluding hydrogens is 304 g/mol. The zero-order valence-corrected chi connectivity index (χ0v) is 17.2. The van der Waals surface area contributed by atoms with Gasteiger partial charge in [0, 0.05) is 5.92 Å². The first-order valence-corrected chi connectivity index (χ1v) is 11.7. The van der Waals surface area contributed by atoms with Crippen LogP contribution >= 0.6 is 0 Å². The third-order valence-corrected chi connectivity index (χ3v) is 7.45. The highest BCUT2D eigenvalue weighted by Gasteiger charge is 2.26. The Balaban J connectivity index is 1.40. The number of carbonyl (C=O) groups excluding carboxylic acids is 1. The van der Waals surface area contributed by atoms with E-state index >= 15 is 0 Å². The molecule has 0 aromatic heterocycles. The van der Waals surface area contributed by atoms with Crippen LogP contribution in [0.5, 0.6) is 0 Å². The second-order valence-electron chi connectivity index (χ2n) is 9.53. The van der Waals surface area contributed by atoms with Gasteiger partial charge in [0.05, 0.1) is 0 Å². The highest BCUT2D eigenvalue weighted by atomic mass is 16.1. The van der Waals surface area contributed by atoms with Crippen LogP contribution in [0.25, 0.3) is 0 Å². The number of hydrogen-bond donors (Lipinski definition) is 0. The third kappa shape index (κ3) is 7.83. The van der Waals surface area contributed by atoms with E-state index in [0.29, 0.717) is 5.92 Å². The molecule has 0 N–H and O–H groups in total. The van der Waals surface area contributed by atoms with E-state index < -0.39 is 0 Å². The van der Waals surface area contributed by atoms with Crippen LogP contribution in [0.15, 0.2) is 0 Å². The molecule has 0 amide bonds. The molecule has 4 atom stereocenters. The van der Waals surface area contributed by atoms with Crippen LogP contribution in [-0.4, -0.2) is 6.29 Å². The predicted octanol–water partition coefficient (Wildman–Crippen LogP) is 7.57. The number of hydrogen-bond acceptors (Lipinski definition) is 1. The lowest BCUT2D eigenvalue weighted by Crippen LogP contribution is -2.24. The first kappa shape index (κ1) is 21.0. The average Bonchev–Trinajstić information content (AvgIpc) is 2.62. The topological polar surface area (TPSA) is 17.1 Å². The van der Waals surface area contributed by atoms with Gasteiger partial charge in [-0.05, 0) is 42.9 Å². The maximum atomic E-state index is 10.9. The van der Waals surface area contributed by atoms with Crippen LogP contribution in [0, 0.1) is 29.6 Å². The first-order chi connectivity index (χ1) is 12.2. The predicted molar refractivity (Wildman–Crippen MR) is 109 cm³/mol. The summed E-state index contributed by atoms with van der Waals surface area (Å²) < 4.78 is 0. The lowest BCUT2D eigenvalue weighted by Gasteiger charge is -2.34. The van der Waals surface area contributed by atoms with Gasteiger partial charge < -0.3 is 4.79 Å². The molecule has 0 aromatic rings. The molecule has 146 valence electrons. The Labute approximate surface area is 157 Å². The molecule has 0 radical (unpaired) electrons. The molecule has 0 aromatic carbocycles. The monoisotopic (exact) mass is 348 g/mol. The summed E-state index contributed by atoms with van der Waals surface area (Å²) in [5, 5.41) is 0. The Morgan fingerprint density at radius 2 is 1.28 bits per heavy atom. The van der Waals surface area contributed by atoms with E-state index in [1.807, 2.05) is 0 Å². The number of carbonyl (C=O) groups is 1. The maximum absolute atomic E-state index is 10.9. The van der Waals surface area contributed by atoms with Crippen molar-refractivity contribution in [2.45, 2.75) is 117 Å². The fraction of sp³-hybridized carbons (Fsp3) is 0.958. The molecule has 0 heterocycles. The van der Waals surface area contributed by atoms with Gasteiger partial charge in [-0.15, -0.1) is 0 Å². The number of unbranched alkanes of at least 4 members (excludes halogenated alkanes) is 6. The molecule has 2 aliphatic rings. The Morgan fingerprint density at radius 3 is 1.92 bits per heavy atom. The van der Waals surface area contributed by atoms with Crippen molar-refractivity contribution >= 4 is 6.29 Å². The van der Waals surface area contributed by atoms with Crippen molar-refractivity contribution in [2.75, 3.05) is 0 Å². The standard InChI is InChI=1S/C24H44O/c1-20-12-10-13-21(2)24(20)17-9-7-5-3-4-6-8-14-22-15-11-16-23(18-22)19-25/h19-24H,3-18H2,1-2H3. The third-order valence-electron chi connectivity index (χ3n) is 7.45. The van der Waals surface area contributed by atoms with Gasteiger partial charge in [0.2, 0.25) is 0 Å². The highest BCUT2D eigenvalue weighted by molar-refractivity contribution is 5.53. The molecule has 25 heavy (non-hydrogen) atoms. The van der Waals surface area contributed by atoms with Crippen LogP contribution < -0.4 is 0 Å². The second-order valence-corrected chi connectivity index (χ2v) is 9.53. The lowest BCUT2D eigenvalue weighted by atomic mass is 9.71. The van der Waals surface area contributed by atoms with E-state index in [0.717, 1.165) is 30.1 Å². The Hall–Kier alpha value is -0.330. The summed E-state index contributed by atoms with van der Waals surface area (Å²) in [5.74, 6) is 4.20. The summed E-state index contributed by atoms with van der Waals surface area (Å²) in [7, 11) is 0. The fourth-order valence-corrected chi connectivity index (χ4v) is 5.74. The second kappa shape index (κ2) is 12.1. The van der Waals surface area contributed by atoms with Gasteiger partial charge in [0.15, 0.2) is 0 Å². The minimum atomic E-state index is 0.383. The zero-order chi connectivity index (χ0) is 17.9. The van der Waals surface area contributed by atoms with Crippen LogP contribution in [-0.2, 0) is 4.79 Å². The smallest absolute Gasteiger partial charge is 0.123 e. The highest BCUT2D eigenvalue weighted by Crippen LogP contribution is 2.37. The number of rotatable bonds is 11. The molecule has 2 rings (SSSR count). The van der Waals surface area contributed by atoms with Crippen molar-refractivity contribution in [3.8, 4) is 0 Å². The first-order valence-electron chi connectivity index (χ1n) is 11.7. The van der Waals surface area contributed by atoms with E-state index in [4.69, 9.17) is 0 Å². The van der Waals surface area contributed by atoms with Crippen molar-refractivity contribution in [3.63, 3.8) is 0 Å². The van der Waals surface area contributed by atoms with Gasteiger partial charge in [-0.2, -0.15) is 0 Å². The van der Waals surface area contributed by atoms with Gasteiger partial charge in [-0.1, -0.05) is 97.3 Å². The average molecular weight is 349 g/mol. The number of aldehydes is 1. The largest absolute Gasteiger partial charge is 0.303 e. The Bertz CT molecular complexity index is 340. The molecule has 1 nitrogen and oxygen atoms in total. The van der Waals surface area contributed by atoms with E-state index in [1.54, 1.807) is 0 Å². The molecular formula is C24H44O. The molecule has 2 aliphatic carbocycles. The van der Waals surface area contributed by atoms with E-state index in [-0.39, 0.29) is 0 Å². The van der Waals surface area contributed by atoms with E-state index in [9.17, 15) is 4.79 Å². The molecule has 0 spiro atoms.